The third kappa shape index (κ3) is 5.48. The molecule has 6 nitrogen and oxygen atoms in total. The summed E-state index contributed by atoms with van der Waals surface area (Å²) in [5.41, 5.74) is 1.72. The Bertz CT molecular complexity index is 800. The van der Waals surface area contributed by atoms with Crippen LogP contribution in [0.4, 0.5) is 0 Å². The van der Waals surface area contributed by atoms with Crippen molar-refractivity contribution in [1.29, 1.82) is 0 Å². The van der Waals surface area contributed by atoms with Gasteiger partial charge in [-0.15, -0.1) is 0 Å². The monoisotopic (exact) mass is 428 g/mol. The van der Waals surface area contributed by atoms with E-state index in [1.165, 1.54) is 4.90 Å². The lowest BCUT2D eigenvalue weighted by Crippen LogP contribution is -2.40. The molecule has 1 aromatic rings. The van der Waals surface area contributed by atoms with E-state index in [-0.39, 0.29) is 24.3 Å². The number of rotatable bonds is 10. The minimum absolute atomic E-state index is 0.101. The van der Waals surface area contributed by atoms with Gasteiger partial charge in [0.1, 0.15) is 11.4 Å². The van der Waals surface area contributed by atoms with Crippen LogP contribution in [0.15, 0.2) is 30.0 Å². The Balaban J connectivity index is 1.91. The number of carbonyl (C=O) groups excluding carboxylic acids is 2. The molecule has 0 aliphatic carbocycles. The second-order valence-electron chi connectivity index (χ2n) is 9.06. The number of nitrogens with zero attached hydrogens (tertiary/aromatic N) is 2. The summed E-state index contributed by atoms with van der Waals surface area (Å²) in [5.74, 6) is 0.909. The largest absolute Gasteiger partial charge is 0.493 e. The van der Waals surface area contributed by atoms with Gasteiger partial charge in [0, 0.05) is 26.2 Å². The molecule has 2 amide bonds. The number of hydrogen-bond acceptors (Lipinski definition) is 5. The molecule has 1 aromatic carbocycles. The molecular formula is C25H36N2O4. The first kappa shape index (κ1) is 23.3. The maximum atomic E-state index is 13.4. The van der Waals surface area contributed by atoms with E-state index in [1.807, 2.05) is 29.2 Å². The number of aliphatic hydroxyl groups excluding tert-OH is 1. The average Bonchev–Trinajstić information content (AvgIpc) is 3.03. The molecule has 170 valence electrons. The lowest BCUT2D eigenvalue weighted by atomic mass is 9.97. The Morgan fingerprint density at radius 3 is 2.52 bits per heavy atom. The summed E-state index contributed by atoms with van der Waals surface area (Å²) < 4.78 is 5.77. The molecule has 2 aliphatic rings. The van der Waals surface area contributed by atoms with E-state index in [0.717, 1.165) is 50.0 Å². The number of benzene rings is 1. The minimum atomic E-state index is -0.210. The second kappa shape index (κ2) is 10.8. The molecule has 1 N–H and O–H groups in total. The molecule has 1 atom stereocenters. The molecule has 0 aromatic heterocycles. The van der Waals surface area contributed by atoms with Crippen LogP contribution in [0, 0.1) is 11.8 Å². The number of aliphatic hydroxyl groups is 1. The van der Waals surface area contributed by atoms with E-state index in [1.54, 1.807) is 0 Å². The Hall–Kier alpha value is -2.34. The quantitative estimate of drug-likeness (QED) is 0.455. The first-order chi connectivity index (χ1) is 15.0. The molecule has 0 radical (unpaired) electrons. The van der Waals surface area contributed by atoms with Crippen LogP contribution in [0.5, 0.6) is 5.75 Å². The van der Waals surface area contributed by atoms with Gasteiger partial charge in [-0.05, 0) is 48.8 Å². The molecular weight excluding hydrogens is 392 g/mol. The number of likely N-dealkylation sites (tertiary alicyclic amines) is 1. The van der Waals surface area contributed by atoms with E-state index in [0.29, 0.717) is 36.9 Å². The van der Waals surface area contributed by atoms with Crippen molar-refractivity contribution >= 4 is 17.4 Å². The molecule has 6 heteroatoms. The van der Waals surface area contributed by atoms with Gasteiger partial charge in [0.05, 0.1) is 12.2 Å². The van der Waals surface area contributed by atoms with Gasteiger partial charge >= 0.3 is 0 Å². The second-order valence-corrected chi connectivity index (χ2v) is 9.06. The molecule has 0 saturated carbocycles. The molecule has 31 heavy (non-hydrogen) atoms. The number of piperidine rings is 1. The highest BCUT2D eigenvalue weighted by Crippen LogP contribution is 2.34. The molecule has 0 bridgehead atoms. The van der Waals surface area contributed by atoms with Crippen LogP contribution in [0.25, 0.3) is 5.57 Å². The maximum absolute atomic E-state index is 13.4. The van der Waals surface area contributed by atoms with E-state index in [4.69, 9.17) is 4.74 Å². The average molecular weight is 429 g/mol. The number of carbonyl (C=O) groups is 2. The van der Waals surface area contributed by atoms with Gasteiger partial charge in [0.2, 0.25) is 0 Å². The molecule has 3 rings (SSSR count). The Kier molecular flexibility index (Phi) is 8.13. The third-order valence-corrected chi connectivity index (χ3v) is 5.95. The van der Waals surface area contributed by atoms with Crippen LogP contribution < -0.4 is 4.74 Å². The molecule has 0 spiro atoms. The lowest BCUT2D eigenvalue weighted by molar-refractivity contribution is -0.137. The molecule has 2 heterocycles. The summed E-state index contributed by atoms with van der Waals surface area (Å²) in [7, 11) is 0. The fourth-order valence-electron chi connectivity index (χ4n) is 4.24. The Labute approximate surface area is 185 Å². The molecule has 1 unspecified atom stereocenters. The van der Waals surface area contributed by atoms with E-state index in [2.05, 4.69) is 20.8 Å². The summed E-state index contributed by atoms with van der Waals surface area (Å²) >= 11 is 0. The summed E-state index contributed by atoms with van der Waals surface area (Å²) in [6, 6.07) is 7.48. The Morgan fingerprint density at radius 1 is 1.13 bits per heavy atom. The van der Waals surface area contributed by atoms with Crippen molar-refractivity contribution in [3.63, 3.8) is 0 Å². The van der Waals surface area contributed by atoms with E-state index < -0.39 is 0 Å². The van der Waals surface area contributed by atoms with Gasteiger partial charge in [-0.2, -0.15) is 0 Å². The number of ether oxygens (including phenoxy) is 1. The zero-order chi connectivity index (χ0) is 22.4. The summed E-state index contributed by atoms with van der Waals surface area (Å²) in [5, 5.41) is 9.65. The van der Waals surface area contributed by atoms with Crippen molar-refractivity contribution in [2.24, 2.45) is 11.8 Å². The number of unbranched alkanes of at least 4 members (excludes halogenated alkanes) is 2. The van der Waals surface area contributed by atoms with Crippen molar-refractivity contribution in [2.75, 3.05) is 32.8 Å². The summed E-state index contributed by atoms with van der Waals surface area (Å²) in [6.45, 7) is 8.81. The van der Waals surface area contributed by atoms with Gasteiger partial charge in [-0.1, -0.05) is 45.7 Å². The van der Waals surface area contributed by atoms with Crippen LogP contribution in [0.2, 0.25) is 0 Å². The minimum Gasteiger partial charge on any atom is -0.493 e. The van der Waals surface area contributed by atoms with Gasteiger partial charge in [0.25, 0.3) is 11.8 Å². The van der Waals surface area contributed by atoms with Gasteiger partial charge in [-0.3, -0.25) is 14.5 Å². The molecule has 1 saturated heterocycles. The highest BCUT2D eigenvalue weighted by atomic mass is 16.5. The lowest BCUT2D eigenvalue weighted by Gasteiger charge is -2.34. The van der Waals surface area contributed by atoms with Crippen LogP contribution in [0.1, 0.15) is 58.4 Å². The predicted molar refractivity (Wildman–Crippen MR) is 121 cm³/mol. The first-order valence-corrected chi connectivity index (χ1v) is 11.7. The normalized spacial score (nSPS) is 19.7. The fourth-order valence-corrected chi connectivity index (χ4v) is 4.24. The summed E-state index contributed by atoms with van der Waals surface area (Å²) in [6.07, 6.45) is 4.68. The zero-order valence-corrected chi connectivity index (χ0v) is 19.1. The topological polar surface area (TPSA) is 70.1 Å². The van der Waals surface area contributed by atoms with Crippen LogP contribution >= 0.6 is 0 Å². The first-order valence-electron chi connectivity index (χ1n) is 11.7. The zero-order valence-electron chi connectivity index (χ0n) is 19.1. The molecule has 1 fully saturated rings. The van der Waals surface area contributed by atoms with Crippen molar-refractivity contribution in [1.82, 2.24) is 9.80 Å². The van der Waals surface area contributed by atoms with Gasteiger partial charge in [0.15, 0.2) is 0 Å². The number of amides is 2. The van der Waals surface area contributed by atoms with E-state index in [9.17, 15) is 14.7 Å². The Morgan fingerprint density at radius 2 is 1.87 bits per heavy atom. The highest BCUT2D eigenvalue weighted by molar-refractivity contribution is 6.35. The third-order valence-electron chi connectivity index (χ3n) is 5.95. The van der Waals surface area contributed by atoms with Crippen LogP contribution in [-0.2, 0) is 9.59 Å². The highest BCUT2D eigenvalue weighted by Gasteiger charge is 2.42. The maximum Gasteiger partial charge on any atom is 0.277 e. The summed E-state index contributed by atoms with van der Waals surface area (Å²) in [4.78, 5) is 30.1. The fraction of sp³-hybridized carbons (Fsp3) is 0.600. The van der Waals surface area contributed by atoms with Crippen LogP contribution in [-0.4, -0.2) is 59.6 Å². The van der Waals surface area contributed by atoms with Crippen molar-refractivity contribution in [3.8, 4) is 5.75 Å². The van der Waals surface area contributed by atoms with Gasteiger partial charge < -0.3 is 14.7 Å². The van der Waals surface area contributed by atoms with Crippen molar-refractivity contribution in [2.45, 2.75) is 52.9 Å². The van der Waals surface area contributed by atoms with Gasteiger partial charge in [-0.25, -0.2) is 0 Å². The number of hydrogen-bond donors (Lipinski definition) is 1. The van der Waals surface area contributed by atoms with E-state index >= 15 is 0 Å². The molecule has 2 aliphatic heterocycles. The smallest absolute Gasteiger partial charge is 0.277 e. The van der Waals surface area contributed by atoms with Crippen LogP contribution in [0.3, 0.4) is 0 Å². The van der Waals surface area contributed by atoms with Crippen molar-refractivity contribution < 1.29 is 19.4 Å². The van der Waals surface area contributed by atoms with Crippen molar-refractivity contribution in [3.05, 3.63) is 35.5 Å². The predicted octanol–water partition coefficient (Wildman–Crippen LogP) is 3.70. The number of imide groups is 1. The SMILES string of the molecule is CCCCCN1C(=O)C(c2ccc(OCC(C)C)cc2)=C(N2CCCC(CO)C2)C1=O. The standard InChI is InChI=1S/C25H36N2O4/c1-4-5-6-14-27-24(29)22(20-9-11-21(12-10-20)31-17-18(2)3)23(25(27)30)26-13-7-8-19(15-26)16-28/h9-12,18-19,28H,4-8,13-17H2,1-3H3.